The van der Waals surface area contributed by atoms with Crippen LogP contribution in [0.3, 0.4) is 0 Å². The molecule has 21 heavy (non-hydrogen) atoms. The van der Waals surface area contributed by atoms with Crippen LogP contribution in [-0.4, -0.2) is 25.7 Å². The first-order valence-corrected chi connectivity index (χ1v) is 7.90. The summed E-state index contributed by atoms with van der Waals surface area (Å²) >= 11 is 6.42. The van der Waals surface area contributed by atoms with Crippen molar-refractivity contribution in [2.24, 2.45) is 0 Å². The van der Waals surface area contributed by atoms with Gasteiger partial charge in [-0.2, -0.15) is 0 Å². The average molecular weight is 311 g/mol. The van der Waals surface area contributed by atoms with E-state index < -0.39 is 5.97 Å². The van der Waals surface area contributed by atoms with Gasteiger partial charge in [-0.05, 0) is 31.4 Å². The number of methoxy groups -OCH3 is 1. The summed E-state index contributed by atoms with van der Waals surface area (Å²) in [5.41, 5.74) is 7.55. The largest absolute Gasteiger partial charge is 0.465 e. The fourth-order valence-corrected chi connectivity index (χ4v) is 3.41. The second kappa shape index (κ2) is 7.03. The van der Waals surface area contributed by atoms with E-state index in [9.17, 15) is 4.79 Å². The molecule has 1 unspecified atom stereocenters. The van der Waals surface area contributed by atoms with Gasteiger partial charge in [0.05, 0.1) is 23.4 Å². The molecule has 0 aliphatic carbocycles. The minimum Gasteiger partial charge on any atom is -0.465 e. The van der Waals surface area contributed by atoms with Gasteiger partial charge >= 0.3 is 5.97 Å². The van der Waals surface area contributed by atoms with E-state index in [0.29, 0.717) is 22.3 Å². The summed E-state index contributed by atoms with van der Waals surface area (Å²) in [5, 5.41) is 0.524. The fraction of sp³-hybridized carbons (Fsp3) is 0.562. The highest BCUT2D eigenvalue weighted by molar-refractivity contribution is 6.34. The van der Waals surface area contributed by atoms with Gasteiger partial charge in [0, 0.05) is 18.3 Å². The first-order valence-electron chi connectivity index (χ1n) is 7.52. The molecule has 1 aliphatic rings. The molecular weight excluding hydrogens is 288 g/mol. The van der Waals surface area contributed by atoms with Crippen molar-refractivity contribution >= 4 is 28.9 Å². The smallest absolute Gasteiger partial charge is 0.340 e. The number of hydrogen-bond acceptors (Lipinski definition) is 4. The Morgan fingerprint density at radius 3 is 2.86 bits per heavy atom. The number of carbonyl (C=O) groups is 1. The number of ether oxygens (including phenoxy) is 1. The lowest BCUT2D eigenvalue weighted by Crippen LogP contribution is -2.36. The number of anilines is 2. The first kappa shape index (κ1) is 16.0. The summed E-state index contributed by atoms with van der Waals surface area (Å²) in [4.78, 5) is 14.4. The van der Waals surface area contributed by atoms with Crippen LogP contribution in [0.25, 0.3) is 0 Å². The summed E-state index contributed by atoms with van der Waals surface area (Å²) in [5.74, 6) is -0.390. The standard InChI is InChI=1S/C16H23ClN2O2/c1-3-12-7-5-4-6-8-19(12)15-13(16(20)21-2)9-11(18)10-14(15)17/h9-10,12H,3-8,18H2,1-2H3. The molecule has 1 heterocycles. The van der Waals surface area contributed by atoms with Gasteiger partial charge in [0.2, 0.25) is 0 Å². The van der Waals surface area contributed by atoms with Gasteiger partial charge < -0.3 is 15.4 Å². The Hall–Kier alpha value is -1.42. The number of hydrogen-bond donors (Lipinski definition) is 1. The SMILES string of the molecule is CCC1CCCCCN1c1c(Cl)cc(N)cc1C(=O)OC. The Morgan fingerprint density at radius 1 is 1.43 bits per heavy atom. The number of benzene rings is 1. The third-order valence-electron chi connectivity index (χ3n) is 4.13. The number of nitrogens with two attached hydrogens (primary N) is 1. The second-order valence-electron chi connectivity index (χ2n) is 5.50. The maximum absolute atomic E-state index is 12.1. The Balaban J connectivity index is 2.51. The van der Waals surface area contributed by atoms with Crippen LogP contribution in [0, 0.1) is 0 Å². The Bertz CT molecular complexity index is 519. The molecule has 0 amide bonds. The van der Waals surface area contributed by atoms with Crippen molar-refractivity contribution in [1.29, 1.82) is 0 Å². The molecule has 0 saturated carbocycles. The maximum atomic E-state index is 12.1. The van der Waals surface area contributed by atoms with E-state index in [2.05, 4.69) is 11.8 Å². The van der Waals surface area contributed by atoms with Gasteiger partial charge in [0.25, 0.3) is 0 Å². The zero-order chi connectivity index (χ0) is 15.4. The van der Waals surface area contributed by atoms with E-state index in [1.807, 2.05) is 0 Å². The van der Waals surface area contributed by atoms with Crippen molar-refractivity contribution in [2.75, 3.05) is 24.3 Å². The van der Waals surface area contributed by atoms with Crippen molar-refractivity contribution in [1.82, 2.24) is 0 Å². The van der Waals surface area contributed by atoms with Crippen molar-refractivity contribution in [2.45, 2.75) is 45.1 Å². The minimum absolute atomic E-state index is 0.390. The monoisotopic (exact) mass is 310 g/mol. The molecule has 1 aromatic carbocycles. The predicted octanol–water partition coefficient (Wildman–Crippen LogP) is 3.87. The summed E-state index contributed by atoms with van der Waals surface area (Å²) in [7, 11) is 1.38. The molecule has 4 nitrogen and oxygen atoms in total. The van der Waals surface area contributed by atoms with Crippen LogP contribution < -0.4 is 10.6 Å². The molecular formula is C16H23ClN2O2. The molecule has 1 atom stereocenters. The summed E-state index contributed by atoms with van der Waals surface area (Å²) in [6, 6.07) is 3.77. The second-order valence-corrected chi connectivity index (χ2v) is 5.90. The lowest BCUT2D eigenvalue weighted by Gasteiger charge is -2.33. The van der Waals surface area contributed by atoms with Crippen LogP contribution in [0.2, 0.25) is 5.02 Å². The molecule has 0 aromatic heterocycles. The number of halogens is 1. The third kappa shape index (κ3) is 3.43. The average Bonchev–Trinajstić information content (AvgIpc) is 2.70. The molecule has 2 N–H and O–H groups in total. The summed E-state index contributed by atoms with van der Waals surface area (Å²) in [6.07, 6.45) is 5.69. The van der Waals surface area contributed by atoms with E-state index in [-0.39, 0.29) is 0 Å². The molecule has 116 valence electrons. The molecule has 0 spiro atoms. The van der Waals surface area contributed by atoms with Gasteiger partial charge in [-0.15, -0.1) is 0 Å². The minimum atomic E-state index is -0.390. The number of esters is 1. The third-order valence-corrected chi connectivity index (χ3v) is 4.41. The van der Waals surface area contributed by atoms with Crippen molar-refractivity contribution in [3.8, 4) is 0 Å². The van der Waals surface area contributed by atoms with Gasteiger partial charge in [0.1, 0.15) is 0 Å². The van der Waals surface area contributed by atoms with Crippen LogP contribution in [0.1, 0.15) is 49.4 Å². The molecule has 1 fully saturated rings. The number of rotatable bonds is 3. The summed E-state index contributed by atoms with van der Waals surface area (Å²) < 4.78 is 4.90. The highest BCUT2D eigenvalue weighted by Gasteiger charge is 2.27. The van der Waals surface area contributed by atoms with E-state index in [0.717, 1.165) is 31.5 Å². The van der Waals surface area contributed by atoms with E-state index in [4.69, 9.17) is 22.1 Å². The number of nitrogens with zero attached hydrogens (tertiary/aromatic N) is 1. The Labute approximate surface area is 131 Å². The number of carbonyl (C=O) groups excluding carboxylic acids is 1. The van der Waals surface area contributed by atoms with Gasteiger partial charge in [-0.1, -0.05) is 31.4 Å². The fourth-order valence-electron chi connectivity index (χ4n) is 3.07. The highest BCUT2D eigenvalue weighted by atomic mass is 35.5. The van der Waals surface area contributed by atoms with Crippen molar-refractivity contribution < 1.29 is 9.53 Å². The van der Waals surface area contributed by atoms with Gasteiger partial charge in [-0.25, -0.2) is 4.79 Å². The maximum Gasteiger partial charge on any atom is 0.340 e. The molecule has 1 aromatic rings. The summed E-state index contributed by atoms with van der Waals surface area (Å²) in [6.45, 7) is 3.08. The van der Waals surface area contributed by atoms with Crippen LogP contribution in [-0.2, 0) is 4.74 Å². The zero-order valence-electron chi connectivity index (χ0n) is 12.7. The molecule has 2 rings (SSSR count). The highest BCUT2D eigenvalue weighted by Crippen LogP contribution is 2.36. The van der Waals surface area contributed by atoms with Gasteiger partial charge in [-0.3, -0.25) is 0 Å². The molecule has 1 aliphatic heterocycles. The molecule has 5 heteroatoms. The molecule has 0 bridgehead atoms. The quantitative estimate of drug-likeness (QED) is 0.680. The van der Waals surface area contributed by atoms with Crippen LogP contribution >= 0.6 is 11.6 Å². The van der Waals surface area contributed by atoms with Crippen LogP contribution in [0.4, 0.5) is 11.4 Å². The van der Waals surface area contributed by atoms with E-state index in [1.165, 1.54) is 20.0 Å². The zero-order valence-corrected chi connectivity index (χ0v) is 13.4. The Morgan fingerprint density at radius 2 is 2.19 bits per heavy atom. The molecule has 0 radical (unpaired) electrons. The van der Waals surface area contributed by atoms with E-state index >= 15 is 0 Å². The van der Waals surface area contributed by atoms with Crippen molar-refractivity contribution in [3.05, 3.63) is 22.7 Å². The van der Waals surface area contributed by atoms with Crippen LogP contribution in [0.15, 0.2) is 12.1 Å². The topological polar surface area (TPSA) is 55.6 Å². The number of nitrogen functional groups attached to an aromatic ring is 1. The lowest BCUT2D eigenvalue weighted by atomic mass is 10.0. The normalized spacial score (nSPS) is 19.2. The lowest BCUT2D eigenvalue weighted by molar-refractivity contribution is 0.0601. The van der Waals surface area contributed by atoms with E-state index in [1.54, 1.807) is 12.1 Å². The van der Waals surface area contributed by atoms with Gasteiger partial charge in [0.15, 0.2) is 0 Å². The van der Waals surface area contributed by atoms with Crippen molar-refractivity contribution in [3.63, 3.8) is 0 Å². The first-order chi connectivity index (χ1) is 10.1. The predicted molar refractivity (Wildman–Crippen MR) is 87.1 cm³/mol. The van der Waals surface area contributed by atoms with Crippen LogP contribution in [0.5, 0.6) is 0 Å². The molecule has 1 saturated heterocycles. The Kier molecular flexibility index (Phi) is 5.34.